The average Bonchev–Trinajstić information content (AvgIpc) is 2.54. The van der Waals surface area contributed by atoms with Gasteiger partial charge in [-0.05, 0) is 38.9 Å². The number of hydrogen-bond acceptors (Lipinski definition) is 4. The predicted molar refractivity (Wildman–Crippen MR) is 93.8 cm³/mol. The highest BCUT2D eigenvalue weighted by Crippen LogP contribution is 2.15. The first kappa shape index (κ1) is 19.6. The van der Waals surface area contributed by atoms with Crippen LogP contribution in [0, 0.1) is 0 Å². The molecule has 0 radical (unpaired) electrons. The molecule has 7 heteroatoms. The zero-order valence-corrected chi connectivity index (χ0v) is 14.7. The van der Waals surface area contributed by atoms with Crippen molar-refractivity contribution in [2.75, 3.05) is 25.5 Å². The van der Waals surface area contributed by atoms with Crippen LogP contribution in [0.15, 0.2) is 24.3 Å². The molecule has 0 aliphatic heterocycles. The van der Waals surface area contributed by atoms with Gasteiger partial charge in [0.15, 0.2) is 0 Å². The van der Waals surface area contributed by atoms with E-state index in [4.69, 9.17) is 0 Å². The van der Waals surface area contributed by atoms with E-state index >= 15 is 0 Å². The smallest absolute Gasteiger partial charge is 0.321 e. The van der Waals surface area contributed by atoms with Crippen molar-refractivity contribution in [3.05, 3.63) is 29.8 Å². The van der Waals surface area contributed by atoms with Gasteiger partial charge in [-0.15, -0.1) is 0 Å². The highest BCUT2D eigenvalue weighted by molar-refractivity contribution is 5.97. The zero-order valence-electron chi connectivity index (χ0n) is 14.7. The van der Waals surface area contributed by atoms with Crippen molar-refractivity contribution < 1.29 is 14.4 Å². The molecule has 3 N–H and O–H groups in total. The molecule has 0 bridgehead atoms. The lowest BCUT2D eigenvalue weighted by Crippen LogP contribution is -2.50. The SMILES string of the molecule is CCNC(=O)NC(=O)C(C)N(C)CC(=O)Nc1ccccc1CC. The van der Waals surface area contributed by atoms with Crippen LogP contribution in [-0.2, 0) is 16.0 Å². The molecule has 1 atom stereocenters. The van der Waals surface area contributed by atoms with Crippen LogP contribution in [0.5, 0.6) is 0 Å². The normalized spacial score (nSPS) is 11.7. The van der Waals surface area contributed by atoms with E-state index in [-0.39, 0.29) is 12.5 Å². The van der Waals surface area contributed by atoms with E-state index in [1.54, 1.807) is 25.8 Å². The van der Waals surface area contributed by atoms with E-state index in [0.717, 1.165) is 17.7 Å². The van der Waals surface area contributed by atoms with Crippen LogP contribution in [0.3, 0.4) is 0 Å². The zero-order chi connectivity index (χ0) is 18.1. The molecule has 0 fully saturated rings. The molecule has 1 aromatic carbocycles. The molecule has 0 aromatic heterocycles. The first-order valence-corrected chi connectivity index (χ1v) is 8.05. The van der Waals surface area contributed by atoms with Gasteiger partial charge in [0.05, 0.1) is 12.6 Å². The number of hydrogen-bond donors (Lipinski definition) is 3. The molecule has 1 rings (SSSR count). The van der Waals surface area contributed by atoms with Crippen LogP contribution in [0.25, 0.3) is 0 Å². The highest BCUT2D eigenvalue weighted by Gasteiger charge is 2.21. The van der Waals surface area contributed by atoms with Crippen molar-refractivity contribution in [2.45, 2.75) is 33.2 Å². The van der Waals surface area contributed by atoms with Crippen molar-refractivity contribution >= 4 is 23.5 Å². The van der Waals surface area contributed by atoms with Crippen molar-refractivity contribution in [1.29, 1.82) is 0 Å². The Labute approximate surface area is 142 Å². The number of rotatable bonds is 7. The molecular formula is C17H26N4O3. The maximum absolute atomic E-state index is 12.2. The number of carbonyl (C=O) groups excluding carboxylic acids is 3. The number of para-hydroxylation sites is 1. The Balaban J connectivity index is 2.56. The van der Waals surface area contributed by atoms with Gasteiger partial charge in [-0.25, -0.2) is 4.79 Å². The summed E-state index contributed by atoms with van der Waals surface area (Å²) in [6.07, 6.45) is 0.817. The van der Waals surface area contributed by atoms with Crippen molar-refractivity contribution in [1.82, 2.24) is 15.5 Å². The van der Waals surface area contributed by atoms with Gasteiger partial charge in [0.2, 0.25) is 11.8 Å². The van der Waals surface area contributed by atoms with Gasteiger partial charge in [-0.2, -0.15) is 0 Å². The number of carbonyl (C=O) groups is 3. The van der Waals surface area contributed by atoms with Gasteiger partial charge in [0, 0.05) is 12.2 Å². The molecule has 0 aliphatic rings. The number of imide groups is 1. The number of urea groups is 1. The molecular weight excluding hydrogens is 308 g/mol. The van der Waals surface area contributed by atoms with E-state index in [0.29, 0.717) is 6.54 Å². The fraction of sp³-hybridized carbons (Fsp3) is 0.471. The Kier molecular flexibility index (Phi) is 7.91. The third kappa shape index (κ3) is 6.00. The fourth-order valence-electron chi connectivity index (χ4n) is 2.12. The van der Waals surface area contributed by atoms with E-state index in [1.807, 2.05) is 31.2 Å². The Morgan fingerprint density at radius 1 is 1.17 bits per heavy atom. The Bertz CT molecular complexity index is 589. The lowest BCUT2D eigenvalue weighted by molar-refractivity contribution is -0.125. The summed E-state index contributed by atoms with van der Waals surface area (Å²) in [5.41, 5.74) is 1.83. The molecule has 0 saturated carbocycles. The van der Waals surface area contributed by atoms with Crippen LogP contribution < -0.4 is 16.0 Å². The molecule has 4 amide bonds. The molecule has 7 nitrogen and oxygen atoms in total. The van der Waals surface area contributed by atoms with E-state index in [2.05, 4.69) is 16.0 Å². The summed E-state index contributed by atoms with van der Waals surface area (Å²) in [5, 5.41) is 7.58. The largest absolute Gasteiger partial charge is 0.338 e. The summed E-state index contributed by atoms with van der Waals surface area (Å²) in [7, 11) is 1.66. The summed E-state index contributed by atoms with van der Waals surface area (Å²) in [6.45, 7) is 5.90. The quantitative estimate of drug-likeness (QED) is 0.702. The summed E-state index contributed by atoms with van der Waals surface area (Å²) < 4.78 is 0. The summed E-state index contributed by atoms with van der Waals surface area (Å²) in [5.74, 6) is -0.665. The van der Waals surface area contributed by atoms with Gasteiger partial charge in [-0.1, -0.05) is 25.1 Å². The number of amides is 4. The van der Waals surface area contributed by atoms with Crippen LogP contribution in [0.4, 0.5) is 10.5 Å². The van der Waals surface area contributed by atoms with Crippen molar-refractivity contribution in [3.8, 4) is 0 Å². The van der Waals surface area contributed by atoms with E-state index in [1.165, 1.54) is 0 Å². The second kappa shape index (κ2) is 9.67. The Morgan fingerprint density at radius 2 is 1.83 bits per heavy atom. The lowest BCUT2D eigenvalue weighted by atomic mass is 10.1. The Morgan fingerprint density at radius 3 is 2.46 bits per heavy atom. The third-order valence-electron chi connectivity index (χ3n) is 3.68. The number of anilines is 1. The Hall–Kier alpha value is -2.41. The average molecular weight is 334 g/mol. The van der Waals surface area contributed by atoms with E-state index in [9.17, 15) is 14.4 Å². The van der Waals surface area contributed by atoms with E-state index < -0.39 is 18.0 Å². The fourth-order valence-corrected chi connectivity index (χ4v) is 2.12. The van der Waals surface area contributed by atoms with Gasteiger partial charge in [0.25, 0.3) is 0 Å². The van der Waals surface area contributed by atoms with Gasteiger partial charge in [-0.3, -0.25) is 19.8 Å². The highest BCUT2D eigenvalue weighted by atomic mass is 16.2. The molecule has 24 heavy (non-hydrogen) atoms. The maximum atomic E-state index is 12.2. The minimum absolute atomic E-state index is 0.0437. The topological polar surface area (TPSA) is 90.5 Å². The first-order valence-electron chi connectivity index (χ1n) is 8.05. The minimum Gasteiger partial charge on any atom is -0.338 e. The summed E-state index contributed by atoms with van der Waals surface area (Å²) in [4.78, 5) is 37.1. The summed E-state index contributed by atoms with van der Waals surface area (Å²) in [6, 6.07) is 6.45. The molecule has 0 spiro atoms. The van der Waals surface area contributed by atoms with Crippen molar-refractivity contribution in [3.63, 3.8) is 0 Å². The lowest BCUT2D eigenvalue weighted by Gasteiger charge is -2.23. The maximum Gasteiger partial charge on any atom is 0.321 e. The number of benzene rings is 1. The standard InChI is InChI=1S/C17H26N4O3/c1-5-13-9-7-8-10-14(13)19-15(22)11-21(4)12(3)16(23)20-17(24)18-6-2/h7-10,12H,5-6,11H2,1-4H3,(H,19,22)(H2,18,20,23,24). The second-order valence-electron chi connectivity index (χ2n) is 5.50. The van der Waals surface area contributed by atoms with Gasteiger partial charge < -0.3 is 10.6 Å². The molecule has 0 heterocycles. The molecule has 0 aliphatic carbocycles. The molecule has 0 saturated heterocycles. The van der Waals surface area contributed by atoms with Crippen molar-refractivity contribution in [2.24, 2.45) is 0 Å². The van der Waals surface area contributed by atoms with Crippen LogP contribution >= 0.6 is 0 Å². The van der Waals surface area contributed by atoms with Gasteiger partial charge in [0.1, 0.15) is 0 Å². The summed E-state index contributed by atoms with van der Waals surface area (Å²) >= 11 is 0. The second-order valence-corrected chi connectivity index (χ2v) is 5.50. The number of nitrogens with zero attached hydrogens (tertiary/aromatic N) is 1. The number of aryl methyl sites for hydroxylation is 1. The number of nitrogens with one attached hydrogen (secondary N) is 3. The first-order chi connectivity index (χ1) is 11.4. The predicted octanol–water partition coefficient (Wildman–Crippen LogP) is 1.35. The van der Waals surface area contributed by atoms with Crippen LogP contribution in [0.1, 0.15) is 26.3 Å². The monoisotopic (exact) mass is 334 g/mol. The van der Waals surface area contributed by atoms with Crippen LogP contribution in [0.2, 0.25) is 0 Å². The molecule has 1 unspecified atom stereocenters. The third-order valence-corrected chi connectivity index (χ3v) is 3.68. The van der Waals surface area contributed by atoms with Gasteiger partial charge >= 0.3 is 6.03 Å². The van der Waals surface area contributed by atoms with Crippen LogP contribution in [-0.4, -0.2) is 48.9 Å². The molecule has 1 aromatic rings. The molecule has 132 valence electrons. The minimum atomic E-state index is -0.611. The number of likely N-dealkylation sites (N-methyl/N-ethyl adjacent to an activating group) is 1.